The van der Waals surface area contributed by atoms with Gasteiger partial charge in [-0.25, -0.2) is 13.6 Å². The van der Waals surface area contributed by atoms with Crippen LogP contribution in [0, 0.1) is 0 Å². The van der Waals surface area contributed by atoms with Gasteiger partial charge >= 0.3 is 5.69 Å². The van der Waals surface area contributed by atoms with Gasteiger partial charge in [0, 0.05) is 19.2 Å². The molecule has 0 amide bonds. The zero-order valence-corrected chi connectivity index (χ0v) is 7.41. The maximum atomic E-state index is 12.5. The molecule has 0 unspecified atom stereocenters. The van der Waals surface area contributed by atoms with E-state index < -0.39 is 23.7 Å². The lowest BCUT2D eigenvalue weighted by molar-refractivity contribution is 0.00246. The van der Waals surface area contributed by atoms with Crippen molar-refractivity contribution in [1.29, 1.82) is 0 Å². The lowest BCUT2D eigenvalue weighted by atomic mass is 10.3. The zero-order chi connectivity index (χ0) is 10.9. The normalized spacial score (nSPS) is 11.6. The summed E-state index contributed by atoms with van der Waals surface area (Å²) >= 11 is 0. The van der Waals surface area contributed by atoms with E-state index in [1.807, 2.05) is 0 Å². The molecule has 0 saturated carbocycles. The summed E-state index contributed by atoms with van der Waals surface area (Å²) in [6.45, 7) is -0.130. The second kappa shape index (κ2) is 3.40. The molecule has 14 heavy (non-hydrogen) atoms. The van der Waals surface area contributed by atoms with E-state index in [0.29, 0.717) is 11.5 Å². The molecule has 0 N–H and O–H groups in total. The first-order valence-electron chi connectivity index (χ1n) is 3.77. The summed E-state index contributed by atoms with van der Waals surface area (Å²) in [5.74, 6) is -3.03. The summed E-state index contributed by atoms with van der Waals surface area (Å²) < 4.78 is 26.0. The molecule has 74 valence electrons. The second-order valence-corrected chi connectivity index (χ2v) is 3.00. The molecule has 0 bridgehead atoms. The number of nitrogens with zero attached hydrogens (tertiary/aromatic N) is 2. The molecule has 0 aromatic carbocycles. The lowest BCUT2D eigenvalue weighted by Crippen LogP contribution is -2.40. The molecule has 0 aliphatic heterocycles. The van der Waals surface area contributed by atoms with Crippen molar-refractivity contribution in [2.45, 2.75) is 19.4 Å². The molecule has 0 aliphatic rings. The quantitative estimate of drug-likeness (QED) is 0.609. The smallest absolute Gasteiger partial charge is 0.317 e. The Labute approximate surface area is 79.2 Å². The van der Waals surface area contributed by atoms with E-state index >= 15 is 0 Å². The number of aromatic nitrogens is 2. The lowest BCUT2D eigenvalue weighted by Gasteiger charge is -2.12. The van der Waals surface area contributed by atoms with Crippen LogP contribution in [0.1, 0.15) is 6.92 Å². The van der Waals surface area contributed by atoms with Crippen LogP contribution < -0.4 is 11.2 Å². The Morgan fingerprint density at radius 3 is 2.57 bits per heavy atom. The summed E-state index contributed by atoms with van der Waals surface area (Å²) in [7, 11) is 5.03. The van der Waals surface area contributed by atoms with Gasteiger partial charge in [0.25, 0.3) is 5.92 Å². The van der Waals surface area contributed by atoms with Gasteiger partial charge in [0.2, 0.25) is 13.5 Å². The fraction of sp³-hybridized carbons (Fsp3) is 0.429. The number of hydrogen-bond acceptors (Lipinski definition) is 2. The Morgan fingerprint density at radius 1 is 1.50 bits per heavy atom. The molecule has 1 heterocycles. The Morgan fingerprint density at radius 2 is 2.07 bits per heavy atom. The van der Waals surface area contributed by atoms with Crippen LogP contribution in [0.4, 0.5) is 8.78 Å². The first-order chi connectivity index (χ1) is 6.31. The second-order valence-electron chi connectivity index (χ2n) is 3.00. The van der Waals surface area contributed by atoms with E-state index in [2.05, 4.69) is 0 Å². The predicted molar refractivity (Wildman–Crippen MR) is 46.7 cm³/mol. The van der Waals surface area contributed by atoms with Crippen molar-refractivity contribution in [3.05, 3.63) is 33.1 Å². The maximum absolute atomic E-state index is 12.5. The highest BCUT2D eigenvalue weighted by atomic mass is 19.3. The van der Waals surface area contributed by atoms with Crippen LogP contribution in [0.25, 0.3) is 0 Å². The number of hydrogen-bond donors (Lipinski definition) is 0. The Hall–Kier alpha value is -1.40. The molecule has 0 atom stereocenters. The van der Waals surface area contributed by atoms with Gasteiger partial charge < -0.3 is 4.48 Å². The van der Waals surface area contributed by atoms with E-state index in [0.717, 1.165) is 12.3 Å². The third-order valence-corrected chi connectivity index (χ3v) is 1.53. The fourth-order valence-electron chi connectivity index (χ4n) is 0.950. The third kappa shape index (κ3) is 2.30. The van der Waals surface area contributed by atoms with Crippen molar-refractivity contribution in [2.75, 3.05) is 0 Å². The predicted octanol–water partition coefficient (Wildman–Crippen LogP) is -0.403. The van der Waals surface area contributed by atoms with Crippen molar-refractivity contribution in [2.24, 2.45) is 0 Å². The highest BCUT2D eigenvalue weighted by molar-refractivity contribution is 6.06. The van der Waals surface area contributed by atoms with E-state index in [9.17, 15) is 18.4 Å². The largest absolute Gasteiger partial charge is 0.319 e. The average molecular weight is 200 g/mol. The van der Waals surface area contributed by atoms with Crippen LogP contribution in [-0.4, -0.2) is 22.9 Å². The first-order valence-corrected chi connectivity index (χ1v) is 3.77. The molecule has 0 fully saturated rings. The van der Waals surface area contributed by atoms with E-state index in [-0.39, 0.29) is 4.48 Å². The Bertz CT molecular complexity index is 446. The minimum atomic E-state index is -3.03. The van der Waals surface area contributed by atoms with Gasteiger partial charge in [-0.15, -0.1) is 0 Å². The minimum Gasteiger partial charge on any atom is -0.319 e. The van der Waals surface area contributed by atoms with Crippen molar-refractivity contribution in [3.8, 4) is 0 Å². The van der Waals surface area contributed by atoms with E-state index in [1.54, 1.807) is 0 Å². The van der Waals surface area contributed by atoms with Gasteiger partial charge in [0.15, 0.2) is 0 Å². The molecular formula is C7H7BF2N2O2. The summed E-state index contributed by atoms with van der Waals surface area (Å²) in [6.07, 6.45) is 0.992. The summed E-state index contributed by atoms with van der Waals surface area (Å²) in [5.41, 5.74) is -1.69. The summed E-state index contributed by atoms with van der Waals surface area (Å²) in [5, 5.41) is 0. The highest BCUT2D eigenvalue weighted by Crippen LogP contribution is 2.12. The average Bonchev–Trinajstić information content (AvgIpc) is 2.04. The molecule has 7 heteroatoms. The van der Waals surface area contributed by atoms with Gasteiger partial charge in [-0.1, -0.05) is 0 Å². The molecule has 4 nitrogen and oxygen atoms in total. The molecule has 0 spiro atoms. The first kappa shape index (κ1) is 10.7. The Balaban J connectivity index is 3.20. The van der Waals surface area contributed by atoms with Crippen LogP contribution in [0.15, 0.2) is 21.9 Å². The van der Waals surface area contributed by atoms with Crippen LogP contribution >= 0.6 is 0 Å². The molecule has 1 rings (SSSR count). The van der Waals surface area contributed by atoms with Gasteiger partial charge in [0.05, 0.1) is 6.54 Å². The van der Waals surface area contributed by atoms with Crippen LogP contribution in [0.2, 0.25) is 0 Å². The van der Waals surface area contributed by atoms with Gasteiger partial charge in [-0.05, 0) is 0 Å². The third-order valence-electron chi connectivity index (χ3n) is 1.53. The van der Waals surface area contributed by atoms with Crippen molar-refractivity contribution in [1.82, 2.24) is 9.05 Å². The summed E-state index contributed by atoms with van der Waals surface area (Å²) in [6, 6.07) is 0.952. The molecular weight excluding hydrogens is 193 g/mol. The summed E-state index contributed by atoms with van der Waals surface area (Å²) in [4.78, 5) is 21.9. The van der Waals surface area contributed by atoms with E-state index in [4.69, 9.17) is 7.98 Å². The number of alkyl halides is 2. The molecule has 1 aromatic rings. The van der Waals surface area contributed by atoms with E-state index in [1.165, 1.54) is 0 Å². The Kier molecular flexibility index (Phi) is 2.59. The van der Waals surface area contributed by atoms with Gasteiger partial charge in [0.1, 0.15) is 0 Å². The zero-order valence-electron chi connectivity index (χ0n) is 7.41. The molecule has 2 radical (unpaired) electrons. The molecule has 0 aliphatic carbocycles. The molecule has 0 saturated heterocycles. The van der Waals surface area contributed by atoms with Gasteiger partial charge in [-0.2, -0.15) is 0 Å². The maximum Gasteiger partial charge on any atom is 0.317 e. The number of rotatable bonds is 2. The van der Waals surface area contributed by atoms with Gasteiger partial charge in [-0.3, -0.25) is 9.36 Å². The van der Waals surface area contributed by atoms with Crippen LogP contribution in [-0.2, 0) is 6.54 Å². The van der Waals surface area contributed by atoms with Crippen molar-refractivity contribution < 1.29 is 8.78 Å². The standard InChI is InChI=1S/C7H7BF2N2O2/c1-7(9,10)4-11-3-2-5(13)12(8)6(11)14/h2-3H,4H2,1H3. The van der Waals surface area contributed by atoms with Crippen LogP contribution in [0.3, 0.4) is 0 Å². The highest BCUT2D eigenvalue weighted by Gasteiger charge is 2.22. The number of halogens is 2. The topological polar surface area (TPSA) is 44.0 Å². The fourth-order valence-corrected chi connectivity index (χ4v) is 0.950. The monoisotopic (exact) mass is 200 g/mol. The molecule has 1 aromatic heterocycles. The van der Waals surface area contributed by atoms with Crippen LogP contribution in [0.5, 0.6) is 0 Å². The van der Waals surface area contributed by atoms with Crippen molar-refractivity contribution >= 4 is 7.98 Å². The van der Waals surface area contributed by atoms with Crippen molar-refractivity contribution in [3.63, 3.8) is 0 Å². The minimum absolute atomic E-state index is 0.283. The SMILES string of the molecule is [B]n1c(=O)ccn(CC(C)(F)F)c1=O.